The lowest BCUT2D eigenvalue weighted by atomic mass is 9.94. The average Bonchev–Trinajstić information content (AvgIpc) is 2.09. The molecule has 0 amide bonds. The predicted molar refractivity (Wildman–Crippen MR) is 50.0 cm³/mol. The molecule has 1 aliphatic rings. The lowest BCUT2D eigenvalue weighted by Gasteiger charge is -2.28. The maximum atomic E-state index is 9.01. The van der Waals surface area contributed by atoms with E-state index in [9.17, 15) is 0 Å². The summed E-state index contributed by atoms with van der Waals surface area (Å²) in [6.07, 6.45) is 2.52. The van der Waals surface area contributed by atoms with Gasteiger partial charge in [0.15, 0.2) is 0 Å². The molecule has 3 heteroatoms. The first-order valence-corrected chi connectivity index (χ1v) is 5.40. The van der Waals surface area contributed by atoms with Crippen LogP contribution in [-0.2, 0) is 0 Å². The molecule has 0 aromatic carbocycles. The van der Waals surface area contributed by atoms with Crippen LogP contribution in [-0.4, -0.2) is 36.3 Å². The molecule has 11 heavy (non-hydrogen) atoms. The highest BCUT2D eigenvalue weighted by atomic mass is 32.2. The summed E-state index contributed by atoms with van der Waals surface area (Å²) in [5, 5.41) is 12.2. The van der Waals surface area contributed by atoms with Gasteiger partial charge in [0.05, 0.1) is 6.61 Å². The summed E-state index contributed by atoms with van der Waals surface area (Å²) >= 11 is 2.03. The molecular formula is C8H17NOS. The molecule has 0 spiro atoms. The van der Waals surface area contributed by atoms with E-state index in [-0.39, 0.29) is 6.61 Å². The van der Waals surface area contributed by atoms with Crippen LogP contribution in [0.3, 0.4) is 0 Å². The molecule has 1 heterocycles. The van der Waals surface area contributed by atoms with Gasteiger partial charge in [-0.1, -0.05) is 0 Å². The van der Waals surface area contributed by atoms with Gasteiger partial charge in [-0.05, 0) is 37.3 Å². The van der Waals surface area contributed by atoms with Gasteiger partial charge in [-0.15, -0.1) is 0 Å². The standard InChI is InChI=1S/C8H17NOS/c1-9-8(6-10)7-2-4-11-5-3-7/h7-10H,2-6H2,1H3. The van der Waals surface area contributed by atoms with Crippen molar-refractivity contribution in [3.05, 3.63) is 0 Å². The van der Waals surface area contributed by atoms with E-state index in [0.29, 0.717) is 12.0 Å². The number of rotatable bonds is 3. The quantitative estimate of drug-likeness (QED) is 0.662. The van der Waals surface area contributed by atoms with E-state index in [1.165, 1.54) is 24.3 Å². The van der Waals surface area contributed by atoms with E-state index in [1.807, 2.05) is 18.8 Å². The first-order chi connectivity index (χ1) is 5.38. The molecule has 0 aromatic rings. The normalized spacial score (nSPS) is 23.5. The number of likely N-dealkylation sites (N-methyl/N-ethyl adjacent to an activating group) is 1. The Balaban J connectivity index is 2.30. The van der Waals surface area contributed by atoms with Crippen molar-refractivity contribution < 1.29 is 5.11 Å². The second-order valence-electron chi connectivity index (χ2n) is 3.03. The fraction of sp³-hybridized carbons (Fsp3) is 1.00. The molecule has 1 fully saturated rings. The molecule has 0 radical (unpaired) electrons. The van der Waals surface area contributed by atoms with E-state index in [1.54, 1.807) is 0 Å². The van der Waals surface area contributed by atoms with Gasteiger partial charge >= 0.3 is 0 Å². The van der Waals surface area contributed by atoms with Crippen LogP contribution in [0.25, 0.3) is 0 Å². The van der Waals surface area contributed by atoms with Crippen LogP contribution in [0.5, 0.6) is 0 Å². The Morgan fingerprint density at radius 3 is 2.64 bits per heavy atom. The number of hydrogen-bond donors (Lipinski definition) is 2. The predicted octanol–water partition coefficient (Wildman–Crippen LogP) is 0.710. The van der Waals surface area contributed by atoms with E-state index in [2.05, 4.69) is 5.32 Å². The first-order valence-electron chi connectivity index (χ1n) is 4.24. The highest BCUT2D eigenvalue weighted by molar-refractivity contribution is 7.99. The third-order valence-electron chi connectivity index (χ3n) is 2.40. The zero-order valence-corrected chi connectivity index (χ0v) is 7.86. The summed E-state index contributed by atoms with van der Waals surface area (Å²) in [5.41, 5.74) is 0. The Morgan fingerprint density at radius 2 is 2.18 bits per heavy atom. The summed E-state index contributed by atoms with van der Waals surface area (Å²) in [6.45, 7) is 0.284. The largest absolute Gasteiger partial charge is 0.395 e. The van der Waals surface area contributed by atoms with Gasteiger partial charge in [0.2, 0.25) is 0 Å². The molecule has 0 aromatic heterocycles. The SMILES string of the molecule is CNC(CO)C1CCSCC1. The second kappa shape index (κ2) is 5.01. The zero-order chi connectivity index (χ0) is 8.10. The van der Waals surface area contributed by atoms with Crippen LogP contribution >= 0.6 is 11.8 Å². The molecule has 0 aliphatic carbocycles. The molecule has 2 nitrogen and oxygen atoms in total. The zero-order valence-electron chi connectivity index (χ0n) is 7.05. The van der Waals surface area contributed by atoms with E-state index < -0.39 is 0 Å². The molecule has 1 aliphatic heterocycles. The van der Waals surface area contributed by atoms with Crippen LogP contribution in [0.2, 0.25) is 0 Å². The van der Waals surface area contributed by atoms with Crippen LogP contribution in [0.1, 0.15) is 12.8 Å². The summed E-state index contributed by atoms with van der Waals surface area (Å²) < 4.78 is 0. The van der Waals surface area contributed by atoms with Crippen molar-refractivity contribution in [2.75, 3.05) is 25.2 Å². The van der Waals surface area contributed by atoms with Crippen molar-refractivity contribution in [3.63, 3.8) is 0 Å². The minimum atomic E-state index is 0.284. The maximum absolute atomic E-state index is 9.01. The summed E-state index contributed by atoms with van der Waals surface area (Å²) in [6, 6.07) is 0.330. The second-order valence-corrected chi connectivity index (χ2v) is 4.25. The lowest BCUT2D eigenvalue weighted by molar-refractivity contribution is 0.198. The molecule has 66 valence electrons. The fourth-order valence-corrected chi connectivity index (χ4v) is 2.74. The Kier molecular flexibility index (Phi) is 4.26. The smallest absolute Gasteiger partial charge is 0.0587 e. The van der Waals surface area contributed by atoms with Gasteiger partial charge in [0.25, 0.3) is 0 Å². The minimum absolute atomic E-state index is 0.284. The highest BCUT2D eigenvalue weighted by Crippen LogP contribution is 2.24. The summed E-state index contributed by atoms with van der Waals surface area (Å²) in [4.78, 5) is 0. The van der Waals surface area contributed by atoms with Crippen LogP contribution in [0, 0.1) is 5.92 Å². The monoisotopic (exact) mass is 175 g/mol. The molecular weight excluding hydrogens is 158 g/mol. The Hall–Kier alpha value is 0.270. The van der Waals surface area contributed by atoms with Crippen LogP contribution in [0.4, 0.5) is 0 Å². The topological polar surface area (TPSA) is 32.3 Å². The van der Waals surface area contributed by atoms with Crippen LogP contribution < -0.4 is 5.32 Å². The maximum Gasteiger partial charge on any atom is 0.0587 e. The molecule has 1 unspecified atom stereocenters. The number of aliphatic hydroxyl groups is 1. The first kappa shape index (κ1) is 9.36. The van der Waals surface area contributed by atoms with Crippen molar-refractivity contribution >= 4 is 11.8 Å². The van der Waals surface area contributed by atoms with E-state index >= 15 is 0 Å². The molecule has 1 rings (SSSR count). The van der Waals surface area contributed by atoms with Crippen molar-refractivity contribution in [1.29, 1.82) is 0 Å². The summed E-state index contributed by atoms with van der Waals surface area (Å²) in [5.74, 6) is 3.23. The minimum Gasteiger partial charge on any atom is -0.395 e. The summed E-state index contributed by atoms with van der Waals surface area (Å²) in [7, 11) is 1.93. The van der Waals surface area contributed by atoms with Crippen molar-refractivity contribution in [2.24, 2.45) is 5.92 Å². The Labute approximate surface area is 72.8 Å². The number of aliphatic hydroxyl groups excluding tert-OH is 1. The van der Waals surface area contributed by atoms with Gasteiger partial charge in [-0.25, -0.2) is 0 Å². The number of nitrogens with one attached hydrogen (secondary N) is 1. The van der Waals surface area contributed by atoms with Crippen molar-refractivity contribution in [3.8, 4) is 0 Å². The van der Waals surface area contributed by atoms with Gasteiger partial charge < -0.3 is 10.4 Å². The van der Waals surface area contributed by atoms with Crippen molar-refractivity contribution in [2.45, 2.75) is 18.9 Å². The fourth-order valence-electron chi connectivity index (χ4n) is 1.59. The number of hydrogen-bond acceptors (Lipinski definition) is 3. The lowest BCUT2D eigenvalue weighted by Crippen LogP contribution is -2.38. The molecule has 2 N–H and O–H groups in total. The van der Waals surface area contributed by atoms with Crippen LogP contribution in [0.15, 0.2) is 0 Å². The Morgan fingerprint density at radius 1 is 1.55 bits per heavy atom. The highest BCUT2D eigenvalue weighted by Gasteiger charge is 2.21. The average molecular weight is 175 g/mol. The Bertz CT molecular complexity index is 100. The van der Waals surface area contributed by atoms with Gasteiger partial charge in [-0.3, -0.25) is 0 Å². The van der Waals surface area contributed by atoms with E-state index in [0.717, 1.165) is 0 Å². The van der Waals surface area contributed by atoms with Crippen molar-refractivity contribution in [1.82, 2.24) is 5.32 Å². The molecule has 1 saturated heterocycles. The van der Waals surface area contributed by atoms with Gasteiger partial charge in [-0.2, -0.15) is 11.8 Å². The van der Waals surface area contributed by atoms with E-state index in [4.69, 9.17) is 5.11 Å². The third kappa shape index (κ3) is 2.65. The molecule has 1 atom stereocenters. The molecule has 0 saturated carbocycles. The van der Waals surface area contributed by atoms with Gasteiger partial charge in [0, 0.05) is 6.04 Å². The molecule has 0 bridgehead atoms. The number of thioether (sulfide) groups is 1. The third-order valence-corrected chi connectivity index (χ3v) is 3.45. The van der Waals surface area contributed by atoms with Gasteiger partial charge in [0.1, 0.15) is 0 Å².